The zero-order chi connectivity index (χ0) is 20.1. The van der Waals surface area contributed by atoms with E-state index in [0.717, 1.165) is 37.1 Å². The number of nitrogens with zero attached hydrogens (tertiary/aromatic N) is 2. The lowest BCUT2D eigenvalue weighted by molar-refractivity contribution is -0.204. The van der Waals surface area contributed by atoms with Crippen molar-refractivity contribution in [3.63, 3.8) is 0 Å². The first-order valence-corrected chi connectivity index (χ1v) is 10.6. The number of hydrogen-bond donors (Lipinski definition) is 0. The van der Waals surface area contributed by atoms with E-state index in [1.54, 1.807) is 7.11 Å². The van der Waals surface area contributed by atoms with Gasteiger partial charge in [0.1, 0.15) is 11.9 Å². The highest BCUT2D eigenvalue weighted by molar-refractivity contribution is 5.42. The predicted octanol–water partition coefficient (Wildman–Crippen LogP) is 4.01. The summed E-state index contributed by atoms with van der Waals surface area (Å²) in [6.45, 7) is 3.82. The fourth-order valence-electron chi connectivity index (χ4n) is 5.72. The van der Waals surface area contributed by atoms with Gasteiger partial charge in [-0.15, -0.1) is 0 Å². The second-order valence-corrected chi connectivity index (χ2v) is 8.90. The smallest absolute Gasteiger partial charge is 0.170 e. The Balaban J connectivity index is 1.42. The third-order valence-electron chi connectivity index (χ3n) is 7.45. The van der Waals surface area contributed by atoms with Crippen molar-refractivity contribution in [2.75, 3.05) is 27.3 Å². The number of aryl methyl sites for hydroxylation is 1. The van der Waals surface area contributed by atoms with Crippen LogP contribution in [0.3, 0.4) is 0 Å². The number of likely N-dealkylation sites (tertiary alicyclic amines) is 1. The van der Waals surface area contributed by atoms with Crippen LogP contribution in [0.25, 0.3) is 0 Å². The summed E-state index contributed by atoms with van der Waals surface area (Å²) >= 11 is 0. The average molecular weight is 395 g/mol. The Morgan fingerprint density at radius 1 is 1.14 bits per heavy atom. The van der Waals surface area contributed by atoms with E-state index in [1.165, 1.54) is 17.5 Å². The van der Waals surface area contributed by atoms with E-state index in [-0.39, 0.29) is 11.5 Å². The van der Waals surface area contributed by atoms with Crippen LogP contribution in [0, 0.1) is 6.92 Å². The van der Waals surface area contributed by atoms with Crippen LogP contribution in [0.2, 0.25) is 0 Å². The molecule has 3 heterocycles. The maximum Gasteiger partial charge on any atom is 0.170 e. The van der Waals surface area contributed by atoms with Crippen molar-refractivity contribution in [2.45, 2.75) is 56.0 Å². The van der Waals surface area contributed by atoms with Gasteiger partial charge in [0.15, 0.2) is 5.79 Å². The van der Waals surface area contributed by atoms with Gasteiger partial charge >= 0.3 is 0 Å². The van der Waals surface area contributed by atoms with Crippen LogP contribution in [-0.4, -0.2) is 49.0 Å². The second kappa shape index (κ2) is 7.08. The van der Waals surface area contributed by atoms with Gasteiger partial charge in [0.25, 0.3) is 0 Å². The molecule has 1 spiro atoms. The van der Waals surface area contributed by atoms with Crippen LogP contribution in [0.4, 0.5) is 0 Å². The normalized spacial score (nSPS) is 34.4. The molecule has 29 heavy (non-hydrogen) atoms. The molecular formula is C24H30N2O3. The number of rotatable bonds is 3. The summed E-state index contributed by atoms with van der Waals surface area (Å²) in [6, 6.07) is 11.2. The Morgan fingerprint density at radius 2 is 1.97 bits per heavy atom. The first kappa shape index (κ1) is 19.0. The zero-order valence-electron chi connectivity index (χ0n) is 17.6. The predicted molar refractivity (Wildman–Crippen MR) is 111 cm³/mol. The van der Waals surface area contributed by atoms with Crippen LogP contribution in [-0.2, 0) is 14.9 Å². The molecule has 2 aliphatic heterocycles. The van der Waals surface area contributed by atoms with Crippen molar-refractivity contribution in [1.29, 1.82) is 0 Å². The number of aromatic nitrogens is 1. The van der Waals surface area contributed by atoms with Gasteiger partial charge in [0.2, 0.25) is 0 Å². The van der Waals surface area contributed by atoms with Gasteiger partial charge in [-0.1, -0.05) is 12.1 Å². The van der Waals surface area contributed by atoms with Crippen LogP contribution in [0.15, 0.2) is 42.7 Å². The molecule has 0 bridgehead atoms. The average Bonchev–Trinajstić information content (AvgIpc) is 3.32. The van der Waals surface area contributed by atoms with Gasteiger partial charge in [0.05, 0.1) is 13.7 Å². The lowest BCUT2D eigenvalue weighted by Crippen LogP contribution is -2.52. The molecule has 5 heteroatoms. The molecule has 1 aliphatic carbocycles. The summed E-state index contributed by atoms with van der Waals surface area (Å²) in [7, 11) is 4.00. The lowest BCUT2D eigenvalue weighted by atomic mass is 9.64. The topological polar surface area (TPSA) is 43.8 Å². The summed E-state index contributed by atoms with van der Waals surface area (Å²) in [4.78, 5) is 6.62. The van der Waals surface area contributed by atoms with Crippen molar-refractivity contribution in [2.24, 2.45) is 0 Å². The minimum atomic E-state index is -0.477. The Morgan fingerprint density at radius 3 is 2.76 bits per heavy atom. The van der Waals surface area contributed by atoms with Crippen LogP contribution >= 0.6 is 0 Å². The molecule has 2 saturated heterocycles. The molecular weight excluding hydrogens is 364 g/mol. The number of ether oxygens (including phenoxy) is 3. The molecule has 0 N–H and O–H groups in total. The summed E-state index contributed by atoms with van der Waals surface area (Å²) in [5, 5.41) is 0. The summed E-state index contributed by atoms with van der Waals surface area (Å²) in [6.07, 6.45) is 7.71. The molecule has 0 amide bonds. The molecule has 1 aromatic heterocycles. The molecule has 3 fully saturated rings. The number of benzene rings is 1. The maximum absolute atomic E-state index is 6.58. The Hall–Kier alpha value is -1.95. The highest BCUT2D eigenvalue weighted by Crippen LogP contribution is 2.55. The van der Waals surface area contributed by atoms with Gasteiger partial charge in [-0.3, -0.25) is 4.98 Å². The number of pyridine rings is 1. The number of likely N-dealkylation sites (N-methyl/N-ethyl adjacent to an activating group) is 1. The molecule has 3 aliphatic rings. The zero-order valence-corrected chi connectivity index (χ0v) is 17.6. The second-order valence-electron chi connectivity index (χ2n) is 8.90. The first-order chi connectivity index (χ1) is 14.1. The number of methoxy groups -OCH3 is 1. The van der Waals surface area contributed by atoms with E-state index < -0.39 is 5.79 Å². The largest absolute Gasteiger partial charge is 0.496 e. The summed E-state index contributed by atoms with van der Waals surface area (Å²) < 4.78 is 18.6. The molecule has 154 valence electrons. The first-order valence-electron chi connectivity index (χ1n) is 10.6. The van der Waals surface area contributed by atoms with E-state index >= 15 is 0 Å². The molecule has 4 atom stereocenters. The lowest BCUT2D eigenvalue weighted by Gasteiger charge is -2.48. The standard InChI is InChI=1S/C24H30N2O3/c1-17-4-5-19(14-20(17)27-3)23-8-9-24(15-22(23)26(2)13-10-23)28-16-21(29-24)18-6-11-25-12-7-18/h4-7,11-12,14,21-22H,8-10,13,15-16H2,1-3H3/t21?,22-,23-,24?/m0/s1. The SMILES string of the molecule is COc1cc([C@]23CCN(C)[C@H]2CC2(CC3)OCC(c3ccncc3)O2)ccc1C. The van der Waals surface area contributed by atoms with Crippen molar-refractivity contribution in [3.8, 4) is 5.75 Å². The van der Waals surface area contributed by atoms with E-state index in [9.17, 15) is 0 Å². The number of fused-ring (bicyclic) bond motifs is 1. The van der Waals surface area contributed by atoms with Crippen LogP contribution < -0.4 is 4.74 Å². The van der Waals surface area contributed by atoms with E-state index in [4.69, 9.17) is 14.2 Å². The molecule has 0 radical (unpaired) electrons. The van der Waals surface area contributed by atoms with E-state index in [0.29, 0.717) is 12.6 Å². The van der Waals surface area contributed by atoms with Crippen LogP contribution in [0.5, 0.6) is 5.75 Å². The van der Waals surface area contributed by atoms with Gasteiger partial charge in [0, 0.05) is 36.7 Å². The molecule has 2 unspecified atom stereocenters. The van der Waals surface area contributed by atoms with Crippen LogP contribution in [0.1, 0.15) is 48.5 Å². The van der Waals surface area contributed by atoms with Crippen molar-refractivity contribution in [3.05, 3.63) is 59.4 Å². The van der Waals surface area contributed by atoms with Crippen molar-refractivity contribution >= 4 is 0 Å². The molecule has 1 saturated carbocycles. The summed E-state index contributed by atoms with van der Waals surface area (Å²) in [5.41, 5.74) is 3.87. The van der Waals surface area contributed by atoms with E-state index in [1.807, 2.05) is 24.5 Å². The highest BCUT2D eigenvalue weighted by atomic mass is 16.7. The van der Waals surface area contributed by atoms with Crippen molar-refractivity contribution < 1.29 is 14.2 Å². The van der Waals surface area contributed by atoms with Crippen molar-refractivity contribution in [1.82, 2.24) is 9.88 Å². The maximum atomic E-state index is 6.58. The molecule has 2 aromatic rings. The fourth-order valence-corrected chi connectivity index (χ4v) is 5.72. The van der Waals surface area contributed by atoms with Gasteiger partial charge in [-0.05, 0) is 68.2 Å². The monoisotopic (exact) mass is 394 g/mol. The third kappa shape index (κ3) is 3.07. The Labute approximate surface area is 173 Å². The minimum absolute atomic E-state index is 0.00308. The molecule has 5 rings (SSSR count). The van der Waals surface area contributed by atoms with Gasteiger partial charge in [-0.2, -0.15) is 0 Å². The number of hydrogen-bond acceptors (Lipinski definition) is 5. The highest BCUT2D eigenvalue weighted by Gasteiger charge is 2.57. The Bertz CT molecular complexity index is 889. The minimum Gasteiger partial charge on any atom is -0.496 e. The quantitative estimate of drug-likeness (QED) is 0.787. The molecule has 5 nitrogen and oxygen atoms in total. The fraction of sp³-hybridized carbons (Fsp3) is 0.542. The Kier molecular flexibility index (Phi) is 4.65. The molecule has 1 aromatic carbocycles. The summed E-state index contributed by atoms with van der Waals surface area (Å²) in [5.74, 6) is 0.506. The van der Waals surface area contributed by atoms with Gasteiger partial charge in [-0.25, -0.2) is 0 Å². The van der Waals surface area contributed by atoms with E-state index in [2.05, 4.69) is 42.1 Å². The third-order valence-corrected chi connectivity index (χ3v) is 7.45. The van der Waals surface area contributed by atoms with Gasteiger partial charge < -0.3 is 19.1 Å².